The van der Waals surface area contributed by atoms with Crippen molar-refractivity contribution in [1.82, 2.24) is 19.5 Å². The van der Waals surface area contributed by atoms with E-state index in [1.807, 2.05) is 41.9 Å². The minimum absolute atomic E-state index is 0.698. The van der Waals surface area contributed by atoms with Crippen LogP contribution in [0.2, 0.25) is 0 Å². The van der Waals surface area contributed by atoms with Crippen molar-refractivity contribution in [3.63, 3.8) is 0 Å². The van der Waals surface area contributed by atoms with Crippen LogP contribution in [0, 0.1) is 0 Å². The molecule has 0 aliphatic rings. The van der Waals surface area contributed by atoms with E-state index in [1.165, 1.54) is 30.9 Å². The maximum absolute atomic E-state index is 5.27. The summed E-state index contributed by atoms with van der Waals surface area (Å²) >= 11 is 1.82. The van der Waals surface area contributed by atoms with Gasteiger partial charge in [-0.1, -0.05) is 103 Å². The molecule has 0 saturated carbocycles. The van der Waals surface area contributed by atoms with Gasteiger partial charge in [0.05, 0.1) is 22.4 Å². The van der Waals surface area contributed by atoms with Crippen LogP contribution in [0.1, 0.15) is 0 Å². The van der Waals surface area contributed by atoms with Gasteiger partial charge in [-0.2, -0.15) is 0 Å². The van der Waals surface area contributed by atoms with Gasteiger partial charge < -0.3 is 4.57 Å². The molecule has 6 aromatic carbocycles. The third kappa shape index (κ3) is 4.71. The Hall–Kier alpha value is -6.43. The summed E-state index contributed by atoms with van der Waals surface area (Å²) in [6, 6.07) is 55.8. The third-order valence-electron chi connectivity index (χ3n) is 9.50. The quantitative estimate of drug-likeness (QED) is 0.185. The Morgan fingerprint density at radius 2 is 1.08 bits per heavy atom. The van der Waals surface area contributed by atoms with E-state index >= 15 is 0 Å². The van der Waals surface area contributed by atoms with Gasteiger partial charge in [0.15, 0.2) is 5.82 Å². The molecule has 4 heterocycles. The summed E-state index contributed by atoms with van der Waals surface area (Å²) in [6.45, 7) is 0. The lowest BCUT2D eigenvalue weighted by Crippen LogP contribution is -1.99. The second kappa shape index (κ2) is 11.6. The van der Waals surface area contributed by atoms with Crippen LogP contribution in [0.25, 0.3) is 92.7 Å². The third-order valence-corrected chi connectivity index (χ3v) is 10.7. The van der Waals surface area contributed by atoms with E-state index in [0.29, 0.717) is 5.82 Å². The van der Waals surface area contributed by atoms with Gasteiger partial charge in [-0.05, 0) is 65.7 Å². The summed E-state index contributed by atoms with van der Waals surface area (Å²) < 4.78 is 4.87. The molecule has 0 spiro atoms. The van der Waals surface area contributed by atoms with Gasteiger partial charge in [0.25, 0.3) is 0 Å². The predicted molar refractivity (Wildman–Crippen MR) is 209 cm³/mol. The molecule has 234 valence electrons. The number of hydrogen-bond acceptors (Lipinski definition) is 4. The lowest BCUT2D eigenvalue weighted by molar-refractivity contribution is 1.17. The molecule has 10 rings (SSSR count). The number of fused-ring (bicyclic) bond motifs is 6. The minimum Gasteiger partial charge on any atom is -0.309 e. The zero-order valence-electron chi connectivity index (χ0n) is 26.9. The molecule has 50 heavy (non-hydrogen) atoms. The molecule has 0 atom stereocenters. The van der Waals surface area contributed by atoms with Crippen molar-refractivity contribution in [3.8, 4) is 50.7 Å². The largest absolute Gasteiger partial charge is 0.309 e. The second-order valence-electron chi connectivity index (χ2n) is 12.5. The van der Waals surface area contributed by atoms with E-state index in [4.69, 9.17) is 9.97 Å². The SMILES string of the molecule is c1ccc(-c2nc(-c3cc(-c4ccncc4)cc(-n4c5ccccc5c5ccccc54)c3)cc(-c3cccc4c3sc3ccccc34)n2)cc1. The van der Waals surface area contributed by atoms with Crippen LogP contribution in [0.3, 0.4) is 0 Å². The Morgan fingerprint density at radius 1 is 0.440 bits per heavy atom. The van der Waals surface area contributed by atoms with Gasteiger partial charge in [-0.3, -0.25) is 4.98 Å². The first-order chi connectivity index (χ1) is 24.8. The molecule has 0 fully saturated rings. The van der Waals surface area contributed by atoms with Crippen LogP contribution >= 0.6 is 11.3 Å². The molecule has 10 aromatic rings. The molecule has 0 aliphatic heterocycles. The number of hydrogen-bond donors (Lipinski definition) is 0. The molecule has 0 unspecified atom stereocenters. The molecule has 0 amide bonds. The van der Waals surface area contributed by atoms with Gasteiger partial charge in [0.2, 0.25) is 0 Å². The normalized spacial score (nSPS) is 11.6. The van der Waals surface area contributed by atoms with Crippen molar-refractivity contribution in [3.05, 3.63) is 170 Å². The predicted octanol–water partition coefficient (Wildman–Crippen LogP) is 12.0. The van der Waals surface area contributed by atoms with Crippen molar-refractivity contribution < 1.29 is 0 Å². The van der Waals surface area contributed by atoms with Crippen molar-refractivity contribution in [2.45, 2.75) is 0 Å². The molecule has 0 N–H and O–H groups in total. The minimum atomic E-state index is 0.698. The number of aromatic nitrogens is 4. The highest BCUT2D eigenvalue weighted by Crippen LogP contribution is 2.41. The summed E-state index contributed by atoms with van der Waals surface area (Å²) in [7, 11) is 0. The first-order valence-corrected chi connectivity index (χ1v) is 17.5. The maximum Gasteiger partial charge on any atom is 0.160 e. The zero-order chi connectivity index (χ0) is 33.0. The van der Waals surface area contributed by atoms with Crippen molar-refractivity contribution in [2.24, 2.45) is 0 Å². The Balaban J connectivity index is 1.26. The average molecular weight is 657 g/mol. The van der Waals surface area contributed by atoms with E-state index in [-0.39, 0.29) is 0 Å². The monoisotopic (exact) mass is 656 g/mol. The summed E-state index contributed by atoms with van der Waals surface area (Å²) in [5, 5.41) is 4.97. The average Bonchev–Trinajstić information content (AvgIpc) is 3.74. The lowest BCUT2D eigenvalue weighted by Gasteiger charge is -2.15. The lowest BCUT2D eigenvalue weighted by atomic mass is 9.99. The molecule has 0 bridgehead atoms. The number of thiophene rings is 1. The molecule has 5 heteroatoms. The van der Waals surface area contributed by atoms with Crippen molar-refractivity contribution in [2.75, 3.05) is 0 Å². The van der Waals surface area contributed by atoms with Gasteiger partial charge in [0, 0.05) is 65.7 Å². The van der Waals surface area contributed by atoms with E-state index in [9.17, 15) is 0 Å². The molecule has 4 nitrogen and oxygen atoms in total. The fourth-order valence-corrected chi connectivity index (χ4v) is 8.42. The number of para-hydroxylation sites is 2. The number of benzene rings is 6. The summed E-state index contributed by atoms with van der Waals surface area (Å²) in [6.07, 6.45) is 3.70. The van der Waals surface area contributed by atoms with Crippen LogP contribution in [-0.4, -0.2) is 19.5 Å². The van der Waals surface area contributed by atoms with Crippen LogP contribution in [0.5, 0.6) is 0 Å². The van der Waals surface area contributed by atoms with Crippen LogP contribution in [-0.2, 0) is 0 Å². The van der Waals surface area contributed by atoms with Crippen LogP contribution < -0.4 is 0 Å². The van der Waals surface area contributed by atoms with Crippen LogP contribution in [0.4, 0.5) is 0 Å². The first-order valence-electron chi connectivity index (χ1n) is 16.7. The Morgan fingerprint density at radius 3 is 1.86 bits per heavy atom. The van der Waals surface area contributed by atoms with E-state index < -0.39 is 0 Å². The number of rotatable bonds is 5. The Labute approximate surface area is 292 Å². The highest BCUT2D eigenvalue weighted by atomic mass is 32.1. The molecule has 0 saturated heterocycles. The highest BCUT2D eigenvalue weighted by molar-refractivity contribution is 7.26. The van der Waals surface area contributed by atoms with Gasteiger partial charge in [-0.15, -0.1) is 11.3 Å². The number of pyridine rings is 1. The fourth-order valence-electron chi connectivity index (χ4n) is 7.20. The summed E-state index contributed by atoms with van der Waals surface area (Å²) in [5.74, 6) is 0.698. The van der Waals surface area contributed by atoms with Crippen molar-refractivity contribution in [1.29, 1.82) is 0 Å². The Kier molecular flexibility index (Phi) is 6.64. The smallest absolute Gasteiger partial charge is 0.160 e. The van der Waals surface area contributed by atoms with Crippen LogP contribution in [0.15, 0.2) is 170 Å². The van der Waals surface area contributed by atoms with E-state index in [0.717, 1.165) is 55.9 Å². The van der Waals surface area contributed by atoms with Gasteiger partial charge in [-0.25, -0.2) is 9.97 Å². The molecule has 0 aliphatic carbocycles. The van der Waals surface area contributed by atoms with Gasteiger partial charge in [0.1, 0.15) is 0 Å². The fraction of sp³-hybridized carbons (Fsp3) is 0. The second-order valence-corrected chi connectivity index (χ2v) is 13.5. The molecular formula is C45H28N4S. The molecular weight excluding hydrogens is 629 g/mol. The van der Waals surface area contributed by atoms with E-state index in [2.05, 4.69) is 149 Å². The Bertz CT molecular complexity index is 2820. The summed E-state index contributed by atoms with van der Waals surface area (Å²) in [5.41, 5.74) is 10.5. The van der Waals surface area contributed by atoms with Gasteiger partial charge >= 0.3 is 0 Å². The maximum atomic E-state index is 5.27. The number of nitrogens with zero attached hydrogens (tertiary/aromatic N) is 4. The first kappa shape index (κ1) is 28.6. The molecule has 4 aromatic heterocycles. The van der Waals surface area contributed by atoms with E-state index in [1.54, 1.807) is 0 Å². The summed E-state index contributed by atoms with van der Waals surface area (Å²) in [4.78, 5) is 14.8. The zero-order valence-corrected chi connectivity index (χ0v) is 27.7. The molecule has 0 radical (unpaired) electrons. The van der Waals surface area contributed by atoms with Crippen molar-refractivity contribution >= 4 is 53.3 Å². The standard InChI is InChI=1S/C45H28N4S/c1-2-11-30(12-3-1)45-47-39(28-40(48-45)38-17-10-16-37-36-15-6-9-20-43(36)50-44(37)38)32-25-31(29-21-23-46-24-22-29)26-33(27-32)49-41-18-7-4-13-34(41)35-14-5-8-19-42(35)49/h1-28H. The highest BCUT2D eigenvalue weighted by Gasteiger charge is 2.18. The topological polar surface area (TPSA) is 43.6 Å².